The fraction of sp³-hybridized carbons (Fsp3) is 0.833. The molecule has 1 saturated heterocycles. The summed E-state index contributed by atoms with van der Waals surface area (Å²) in [7, 11) is 2.57. The molecule has 0 radical (unpaired) electrons. The van der Waals surface area contributed by atoms with Gasteiger partial charge >= 0.3 is 12.1 Å². The molecule has 1 heterocycles. The molecule has 18 heavy (non-hydrogen) atoms. The quantitative estimate of drug-likeness (QED) is 0.768. The predicted octanol–water partition coefficient (Wildman–Crippen LogP) is 1.09. The number of hydrogen-bond acceptors (Lipinski definition) is 5. The topological polar surface area (TPSA) is 73.9 Å². The van der Waals surface area contributed by atoms with Crippen molar-refractivity contribution in [1.82, 2.24) is 5.32 Å². The molecule has 6 heteroatoms. The van der Waals surface area contributed by atoms with Gasteiger partial charge in [0, 0.05) is 6.61 Å². The summed E-state index contributed by atoms with van der Waals surface area (Å²) in [5, 5.41) is 2.53. The Balaban J connectivity index is 2.75. The monoisotopic (exact) mass is 259 g/mol. The molecule has 0 bridgehead atoms. The van der Waals surface area contributed by atoms with Crippen molar-refractivity contribution in [2.45, 2.75) is 38.3 Å². The molecular weight excluding hydrogens is 238 g/mol. The largest absolute Gasteiger partial charge is 0.467 e. The Morgan fingerprint density at radius 1 is 1.33 bits per heavy atom. The second-order valence-corrected chi connectivity index (χ2v) is 5.00. The van der Waals surface area contributed by atoms with E-state index >= 15 is 0 Å². The zero-order valence-corrected chi connectivity index (χ0v) is 11.3. The maximum atomic E-state index is 11.7. The fourth-order valence-electron chi connectivity index (χ4n) is 2.25. The highest BCUT2D eigenvalue weighted by Crippen LogP contribution is 2.31. The highest BCUT2D eigenvalue weighted by molar-refractivity contribution is 5.81. The van der Waals surface area contributed by atoms with Crippen LogP contribution in [0.5, 0.6) is 0 Å². The Hall–Kier alpha value is -1.30. The number of hydrogen-bond donors (Lipinski definition) is 1. The van der Waals surface area contributed by atoms with Crippen LogP contribution >= 0.6 is 0 Å². The zero-order valence-electron chi connectivity index (χ0n) is 11.3. The lowest BCUT2D eigenvalue weighted by atomic mass is 9.83. The number of ether oxygens (including phenoxy) is 3. The second kappa shape index (κ2) is 6.04. The van der Waals surface area contributed by atoms with E-state index in [1.807, 2.05) is 13.8 Å². The van der Waals surface area contributed by atoms with E-state index in [4.69, 9.17) is 9.47 Å². The molecule has 104 valence electrons. The summed E-state index contributed by atoms with van der Waals surface area (Å²) in [4.78, 5) is 23.0. The lowest BCUT2D eigenvalue weighted by Gasteiger charge is -2.38. The van der Waals surface area contributed by atoms with E-state index < -0.39 is 18.1 Å². The average molecular weight is 259 g/mol. The van der Waals surface area contributed by atoms with Crippen LogP contribution in [0.1, 0.15) is 26.7 Å². The molecule has 1 fully saturated rings. The molecule has 0 aromatic rings. The summed E-state index contributed by atoms with van der Waals surface area (Å²) in [6.07, 6.45) is 0.749. The first kappa shape index (κ1) is 14.8. The van der Waals surface area contributed by atoms with E-state index in [-0.39, 0.29) is 11.5 Å². The van der Waals surface area contributed by atoms with Crippen molar-refractivity contribution in [3.05, 3.63) is 0 Å². The van der Waals surface area contributed by atoms with Gasteiger partial charge in [-0.2, -0.15) is 0 Å². The van der Waals surface area contributed by atoms with Crippen molar-refractivity contribution in [3.8, 4) is 0 Å². The molecule has 1 N–H and O–H groups in total. The molecule has 0 aromatic heterocycles. The standard InChI is InChI=1S/C12H21NO5/c1-12(2)7-8(5-6-18-12)9(10(14)16-3)13-11(15)17-4/h8-9H,5-7H2,1-4H3,(H,13,15). The van der Waals surface area contributed by atoms with Gasteiger partial charge in [0.25, 0.3) is 0 Å². The van der Waals surface area contributed by atoms with Crippen LogP contribution in [0.3, 0.4) is 0 Å². The van der Waals surface area contributed by atoms with Crippen LogP contribution in [0, 0.1) is 5.92 Å². The highest BCUT2D eigenvalue weighted by atomic mass is 16.5. The number of methoxy groups -OCH3 is 2. The Morgan fingerprint density at radius 2 is 2.00 bits per heavy atom. The second-order valence-electron chi connectivity index (χ2n) is 5.00. The molecule has 1 amide bonds. The molecule has 2 unspecified atom stereocenters. The van der Waals surface area contributed by atoms with Crippen molar-refractivity contribution >= 4 is 12.1 Å². The third kappa shape index (κ3) is 3.87. The molecule has 1 rings (SSSR count). The molecule has 0 aromatic carbocycles. The van der Waals surface area contributed by atoms with Gasteiger partial charge in [0.15, 0.2) is 0 Å². The van der Waals surface area contributed by atoms with Crippen LogP contribution in [0.15, 0.2) is 0 Å². The van der Waals surface area contributed by atoms with Gasteiger partial charge in [0.1, 0.15) is 6.04 Å². The normalized spacial score (nSPS) is 23.9. The lowest BCUT2D eigenvalue weighted by molar-refractivity contribution is -0.147. The van der Waals surface area contributed by atoms with Crippen molar-refractivity contribution in [2.75, 3.05) is 20.8 Å². The first-order valence-corrected chi connectivity index (χ1v) is 5.96. The molecule has 2 atom stereocenters. The summed E-state index contributed by atoms with van der Waals surface area (Å²) >= 11 is 0. The van der Waals surface area contributed by atoms with Gasteiger partial charge in [-0.25, -0.2) is 9.59 Å². The molecule has 6 nitrogen and oxygen atoms in total. The number of alkyl carbamates (subject to hydrolysis) is 1. The van der Waals surface area contributed by atoms with Gasteiger partial charge < -0.3 is 19.5 Å². The van der Waals surface area contributed by atoms with E-state index in [1.165, 1.54) is 14.2 Å². The van der Waals surface area contributed by atoms with Gasteiger partial charge in [0.05, 0.1) is 19.8 Å². The van der Waals surface area contributed by atoms with Crippen LogP contribution in [0.25, 0.3) is 0 Å². The Kier molecular flexibility index (Phi) is 4.95. The Bertz CT molecular complexity index is 316. The minimum Gasteiger partial charge on any atom is -0.467 e. The van der Waals surface area contributed by atoms with Crippen LogP contribution in [-0.4, -0.2) is 44.5 Å². The maximum Gasteiger partial charge on any atom is 0.407 e. The molecule has 0 saturated carbocycles. The van der Waals surface area contributed by atoms with Gasteiger partial charge in [-0.3, -0.25) is 0 Å². The van der Waals surface area contributed by atoms with Gasteiger partial charge in [-0.15, -0.1) is 0 Å². The van der Waals surface area contributed by atoms with Gasteiger partial charge in [-0.05, 0) is 32.6 Å². The summed E-state index contributed by atoms with van der Waals surface area (Å²) in [5.41, 5.74) is -0.299. The number of carbonyl (C=O) groups excluding carboxylic acids is 2. The average Bonchev–Trinajstić information content (AvgIpc) is 2.33. The van der Waals surface area contributed by atoms with Crippen molar-refractivity contribution < 1.29 is 23.8 Å². The number of nitrogens with one attached hydrogen (secondary N) is 1. The van der Waals surface area contributed by atoms with Crippen LogP contribution in [-0.2, 0) is 19.0 Å². The first-order chi connectivity index (χ1) is 8.39. The highest BCUT2D eigenvalue weighted by Gasteiger charge is 2.38. The number of esters is 1. The van der Waals surface area contributed by atoms with E-state index in [0.717, 1.165) is 0 Å². The van der Waals surface area contributed by atoms with Gasteiger partial charge in [-0.1, -0.05) is 0 Å². The van der Waals surface area contributed by atoms with E-state index in [9.17, 15) is 9.59 Å². The lowest BCUT2D eigenvalue weighted by Crippen LogP contribution is -2.50. The molecule has 0 aliphatic carbocycles. The van der Waals surface area contributed by atoms with E-state index in [0.29, 0.717) is 19.4 Å². The smallest absolute Gasteiger partial charge is 0.407 e. The number of rotatable bonds is 3. The van der Waals surface area contributed by atoms with Crippen LogP contribution in [0.2, 0.25) is 0 Å². The summed E-state index contributed by atoms with van der Waals surface area (Å²) in [6.45, 7) is 4.49. The summed E-state index contributed by atoms with van der Waals surface area (Å²) in [5.74, 6) is -0.469. The van der Waals surface area contributed by atoms with Crippen LogP contribution in [0.4, 0.5) is 4.79 Å². The Labute approximate surface area is 107 Å². The zero-order chi connectivity index (χ0) is 13.8. The molecule has 0 spiro atoms. The van der Waals surface area contributed by atoms with E-state index in [2.05, 4.69) is 10.1 Å². The molecular formula is C12H21NO5. The van der Waals surface area contributed by atoms with Crippen molar-refractivity contribution in [2.24, 2.45) is 5.92 Å². The maximum absolute atomic E-state index is 11.7. The molecule has 1 aliphatic heterocycles. The summed E-state index contributed by atoms with van der Waals surface area (Å²) in [6, 6.07) is -0.689. The predicted molar refractivity (Wildman–Crippen MR) is 64.1 cm³/mol. The van der Waals surface area contributed by atoms with Gasteiger partial charge in [0.2, 0.25) is 0 Å². The van der Waals surface area contributed by atoms with Crippen molar-refractivity contribution in [1.29, 1.82) is 0 Å². The van der Waals surface area contributed by atoms with Crippen LogP contribution < -0.4 is 5.32 Å². The fourth-order valence-corrected chi connectivity index (χ4v) is 2.25. The third-order valence-corrected chi connectivity index (χ3v) is 3.12. The minimum absolute atomic E-state index is 0.0136. The SMILES string of the molecule is COC(=O)NC(C(=O)OC)C1CCOC(C)(C)C1. The Morgan fingerprint density at radius 3 is 2.50 bits per heavy atom. The minimum atomic E-state index is -0.689. The number of amides is 1. The van der Waals surface area contributed by atoms with E-state index in [1.54, 1.807) is 0 Å². The van der Waals surface area contributed by atoms with Crippen molar-refractivity contribution in [3.63, 3.8) is 0 Å². The molecule has 1 aliphatic rings. The number of carbonyl (C=O) groups is 2. The third-order valence-electron chi connectivity index (χ3n) is 3.12. The first-order valence-electron chi connectivity index (χ1n) is 5.96. The summed E-state index contributed by atoms with van der Waals surface area (Å²) < 4.78 is 14.9.